The number of hydrogen-bond acceptors (Lipinski definition) is 21. The molecule has 0 atom stereocenters. The third-order valence-corrected chi connectivity index (χ3v) is 27.1. The number of nitrogens with zero attached hydrogens (tertiary/aromatic N) is 3. The van der Waals surface area contributed by atoms with E-state index in [2.05, 4.69) is 79.8 Å². The van der Waals surface area contributed by atoms with Crippen molar-refractivity contribution < 1.29 is 58.5 Å². The van der Waals surface area contributed by atoms with E-state index in [4.69, 9.17) is 23.2 Å². The van der Waals surface area contributed by atoms with Crippen LogP contribution in [0.25, 0.3) is 31.3 Å². The smallest absolute Gasteiger partial charge is 0.217 e. The number of aryl methyl sites for hydroxylation is 3. The van der Waals surface area contributed by atoms with E-state index in [0.29, 0.717) is 136 Å². The Morgan fingerprint density at radius 1 is 0.355 bits per heavy atom. The Morgan fingerprint density at radius 2 is 0.628 bits per heavy atom. The van der Waals surface area contributed by atoms with Crippen LogP contribution in [-0.2, 0) is 58.7 Å². The van der Waals surface area contributed by atoms with Crippen molar-refractivity contribution in [2.24, 2.45) is 15.0 Å². The molecule has 0 fully saturated rings. The van der Waals surface area contributed by atoms with Crippen LogP contribution in [0.2, 0.25) is 10.0 Å². The highest BCUT2D eigenvalue weighted by atomic mass is 79.9. The van der Waals surface area contributed by atoms with Gasteiger partial charge in [-0.25, -0.2) is 0 Å². The van der Waals surface area contributed by atoms with Crippen LogP contribution >= 0.6 is 107 Å². The first-order valence-electron chi connectivity index (χ1n) is 38.5. The maximum Gasteiger partial charge on any atom is 0.217 e. The molecular weight excluding hydrogens is 1750 g/mol. The summed E-state index contributed by atoms with van der Waals surface area (Å²) >= 11 is 23.3. The molecule has 18 nitrogen and oxygen atoms in total. The minimum Gasteiger partial charge on any atom is -0.506 e. The lowest BCUT2D eigenvalue weighted by molar-refractivity contribution is -0.120. The normalized spacial score (nSPS) is 11.6. The van der Waals surface area contributed by atoms with Crippen molar-refractivity contribution in [3.63, 3.8) is 0 Å². The van der Waals surface area contributed by atoms with E-state index in [9.17, 15) is 58.5 Å². The number of hydrogen-bond donors (Lipinski definition) is 6. The number of aliphatic imine (C=N–C) groups is 3. The molecule has 0 bridgehead atoms. The topological polar surface area (TPSA) is 287 Å². The summed E-state index contributed by atoms with van der Waals surface area (Å²) in [6.07, 6.45) is 2.78. The van der Waals surface area contributed by atoms with Gasteiger partial charge in [0, 0.05) is 114 Å². The summed E-state index contributed by atoms with van der Waals surface area (Å²) in [5.74, 6) is -0.408. The largest absolute Gasteiger partial charge is 0.506 e. The van der Waals surface area contributed by atoms with Crippen LogP contribution < -0.4 is 16.0 Å². The SMILES string of the molecule is CC(=O)NCc1ccc(CCC(=O)c2ccc(C(=O)CN=C(C)c3csc(-c4ccc(Br)cc4)c3O)s2)cc1.CC(=O)NCc1ccc(CCC(=O)c2ccc(C(=O)CN=C(C)c3csc(-c4ccc(C(C)(C)C)cc4)c3O)s2)cc1.CC(=O)NCc1ccc(CCC(=O)c2ccc(C(=O)CN=C(C)c3csc(-c4ccc(Cl)c(Cl)c4)c3O)s2)cc1. The number of nitrogens with one attached hydrogen (secondary N) is 3. The molecule has 6 aromatic carbocycles. The van der Waals surface area contributed by atoms with Gasteiger partial charge in [-0.05, 0) is 162 Å². The Bertz CT molecular complexity index is 5850. The molecule has 0 radical (unpaired) electrons. The predicted octanol–water partition coefficient (Wildman–Crippen LogP) is 22.3. The molecule has 0 spiro atoms. The second kappa shape index (κ2) is 43.8. The van der Waals surface area contributed by atoms with Crippen molar-refractivity contribution in [1.82, 2.24) is 16.0 Å². The number of halogens is 3. The van der Waals surface area contributed by atoms with Gasteiger partial charge in [0.05, 0.1) is 53.9 Å². The minimum atomic E-state index is -0.197. The lowest BCUT2D eigenvalue weighted by atomic mass is 9.86. The number of Topliss-reactive ketones (excluding diaryl/α,β-unsaturated/α-hetero) is 6. The average molecular weight is 1840 g/mol. The monoisotopic (exact) mass is 1830 g/mol. The molecule has 6 aromatic heterocycles. The molecule has 12 aromatic rings. The van der Waals surface area contributed by atoms with Gasteiger partial charge in [0.25, 0.3) is 0 Å². The third kappa shape index (κ3) is 26.7. The maximum atomic E-state index is 12.9. The van der Waals surface area contributed by atoms with Crippen LogP contribution in [0.3, 0.4) is 0 Å². The standard InChI is InChI=1S/C34H36N2O4S2.C30H27BrN2O4S2.C30H26Cl2N2O4S2/c1-21(27-20-41-33(32(27)40)25-11-13-26(14-12-25)34(3,4)5)35-19-29(39)31-17-16-30(42-31)28(38)15-10-23-6-8-24(9-7-23)18-36-22(2)37;1-18(24-17-38-30(29(24)37)22-8-10-23(31)11-9-22)32-16-26(36)28-14-13-27(39-28)25(35)12-7-20-3-5-21(6-4-20)15-33-19(2)34;1-17(22-16-39-30(29(22)38)21-8-9-23(31)24(32)13-21)33-15-26(37)28-12-11-27(40-28)25(36)10-7-19-3-5-20(6-4-19)14-34-18(2)35/h6-9,11-14,16-17,20,40H,10,15,18-19H2,1-5H3,(H,36,37);3-6,8-11,13-14,17,37H,7,12,15-16H2,1-2H3,(H,33,34);3-6,8-9,11-13,16,38H,7,10,14-15H2,1-2H3,(H,34,35). The molecule has 0 saturated heterocycles. The van der Waals surface area contributed by atoms with Gasteiger partial charge in [0.2, 0.25) is 17.7 Å². The molecule has 0 aliphatic carbocycles. The van der Waals surface area contributed by atoms with Gasteiger partial charge in [-0.2, -0.15) is 0 Å². The number of benzene rings is 6. The Hall–Kier alpha value is -10.6. The Morgan fingerprint density at radius 3 is 0.917 bits per heavy atom. The van der Waals surface area contributed by atoms with E-state index in [0.717, 1.165) is 64.3 Å². The molecule has 3 amide bonds. The highest BCUT2D eigenvalue weighted by Gasteiger charge is 2.23. The van der Waals surface area contributed by atoms with E-state index < -0.39 is 0 Å². The molecule has 0 aliphatic rings. The van der Waals surface area contributed by atoms with Crippen LogP contribution in [0.4, 0.5) is 0 Å². The van der Waals surface area contributed by atoms with Gasteiger partial charge >= 0.3 is 0 Å². The minimum absolute atomic E-state index is 0.00712. The summed E-state index contributed by atoms with van der Waals surface area (Å²) in [5, 5.41) is 47.0. The Kier molecular flexibility index (Phi) is 33.5. The number of amides is 3. The molecule has 624 valence electrons. The average Bonchev–Trinajstić information content (AvgIpc) is 1.71. The van der Waals surface area contributed by atoms with Gasteiger partial charge in [0.15, 0.2) is 34.7 Å². The van der Waals surface area contributed by atoms with Gasteiger partial charge in [-0.1, -0.05) is 175 Å². The van der Waals surface area contributed by atoms with E-state index in [1.54, 1.807) is 80.7 Å². The molecule has 0 unspecified atom stereocenters. The Balaban J connectivity index is 0.000000191. The molecule has 121 heavy (non-hydrogen) atoms. The first-order chi connectivity index (χ1) is 57.7. The lowest BCUT2D eigenvalue weighted by Gasteiger charge is -2.19. The fourth-order valence-corrected chi connectivity index (χ4v) is 18.4. The molecule has 27 heteroatoms. The molecule has 6 heterocycles. The summed E-state index contributed by atoms with van der Waals surface area (Å²) in [6.45, 7) is 17.5. The number of thiophene rings is 6. The van der Waals surface area contributed by atoms with Crippen molar-refractivity contribution in [2.75, 3.05) is 19.6 Å². The fraction of sp³-hybridized carbons (Fsp3) is 0.234. The summed E-state index contributed by atoms with van der Waals surface area (Å²) in [5.41, 5.74) is 13.4. The number of aromatic hydroxyl groups is 3. The summed E-state index contributed by atoms with van der Waals surface area (Å²) in [7, 11) is 0. The number of carbonyl (C=O) groups excluding carboxylic acids is 9. The van der Waals surface area contributed by atoms with Crippen molar-refractivity contribution in [3.05, 3.63) is 291 Å². The van der Waals surface area contributed by atoms with Crippen molar-refractivity contribution in [1.29, 1.82) is 0 Å². The van der Waals surface area contributed by atoms with E-state index in [1.807, 2.05) is 120 Å². The second-order valence-corrected chi connectivity index (χ2v) is 37.0. The highest BCUT2D eigenvalue weighted by molar-refractivity contribution is 9.10. The van der Waals surface area contributed by atoms with Gasteiger partial charge in [-0.3, -0.25) is 58.1 Å². The van der Waals surface area contributed by atoms with E-state index >= 15 is 0 Å². The van der Waals surface area contributed by atoms with Crippen LogP contribution in [0.15, 0.2) is 212 Å². The quantitative estimate of drug-likeness (QED) is 0.0165. The number of rotatable bonds is 33. The second-order valence-electron chi connectivity index (χ2n) is 29.4. The summed E-state index contributed by atoms with van der Waals surface area (Å²) < 4.78 is 0.961. The zero-order chi connectivity index (χ0) is 87.2. The van der Waals surface area contributed by atoms with Crippen molar-refractivity contribution >= 4 is 177 Å². The highest BCUT2D eigenvalue weighted by Crippen LogP contribution is 2.43. The third-order valence-electron chi connectivity index (χ3n) is 19.2. The summed E-state index contributed by atoms with van der Waals surface area (Å²) in [6, 6.07) is 54.5. The van der Waals surface area contributed by atoms with Crippen LogP contribution in [0, 0.1) is 0 Å². The van der Waals surface area contributed by atoms with Crippen LogP contribution in [-0.4, -0.2) is 105 Å². The van der Waals surface area contributed by atoms with Crippen molar-refractivity contribution in [2.45, 2.75) is 126 Å². The zero-order valence-corrected chi connectivity index (χ0v) is 75.9. The molecule has 0 saturated carbocycles. The summed E-state index contributed by atoms with van der Waals surface area (Å²) in [4.78, 5) is 128. The number of carbonyl (C=O) groups is 9. The molecule has 12 rings (SSSR count). The molecular formula is C94H89BrCl2N6O12S6. The molecule has 6 N–H and O–H groups in total. The molecule has 0 aliphatic heterocycles. The number of ketones is 6. The van der Waals surface area contributed by atoms with E-state index in [1.165, 1.54) is 94.4 Å². The first kappa shape index (κ1) is 92.7. The lowest BCUT2D eigenvalue weighted by Crippen LogP contribution is -2.18. The Labute approximate surface area is 745 Å². The van der Waals surface area contributed by atoms with Crippen LogP contribution in [0.1, 0.15) is 195 Å². The predicted molar refractivity (Wildman–Crippen MR) is 498 cm³/mol. The zero-order valence-electron chi connectivity index (χ0n) is 67.9. The van der Waals surface area contributed by atoms with Gasteiger partial charge in [0.1, 0.15) is 36.9 Å². The maximum absolute atomic E-state index is 12.9. The van der Waals surface area contributed by atoms with Crippen LogP contribution in [0.5, 0.6) is 17.2 Å². The first-order valence-corrected chi connectivity index (χ1v) is 45.1. The fourth-order valence-electron chi connectivity index (χ4n) is 12.1. The van der Waals surface area contributed by atoms with Gasteiger partial charge < -0.3 is 31.3 Å². The van der Waals surface area contributed by atoms with Crippen molar-refractivity contribution in [3.8, 4) is 48.6 Å². The van der Waals surface area contributed by atoms with Gasteiger partial charge in [-0.15, -0.1) is 68.0 Å². The van der Waals surface area contributed by atoms with E-state index in [-0.39, 0.29) is 94.7 Å².